The van der Waals surface area contributed by atoms with Gasteiger partial charge in [-0.15, -0.1) is 0 Å². The monoisotopic (exact) mass is 370 g/mol. The van der Waals surface area contributed by atoms with E-state index >= 15 is 0 Å². The summed E-state index contributed by atoms with van der Waals surface area (Å²) >= 11 is 0. The molecule has 0 radical (unpaired) electrons. The van der Waals surface area contributed by atoms with Gasteiger partial charge in [0.1, 0.15) is 5.69 Å². The highest BCUT2D eigenvalue weighted by Gasteiger charge is 2.12. The van der Waals surface area contributed by atoms with Gasteiger partial charge >= 0.3 is 0 Å². The summed E-state index contributed by atoms with van der Waals surface area (Å²) in [6.07, 6.45) is 1.58. The van der Waals surface area contributed by atoms with Crippen LogP contribution in [0, 0.1) is 0 Å². The quantitative estimate of drug-likeness (QED) is 0.761. The Morgan fingerprint density at radius 2 is 1.93 bits per heavy atom. The summed E-state index contributed by atoms with van der Waals surface area (Å²) in [6.45, 7) is 4.71. The Kier molecular flexibility index (Phi) is 6.56. The maximum absolute atomic E-state index is 12.3. The summed E-state index contributed by atoms with van der Waals surface area (Å²) in [5.74, 6) is 0.199. The fourth-order valence-corrected chi connectivity index (χ4v) is 2.76. The summed E-state index contributed by atoms with van der Waals surface area (Å²) in [7, 11) is 3.99. The number of carbonyl (C=O) groups excluding carboxylic acids is 1. The molecule has 1 amide bonds. The highest BCUT2D eigenvalue weighted by molar-refractivity contribution is 5.92. The fraction of sp³-hybridized carbons (Fsp3) is 0.421. The zero-order chi connectivity index (χ0) is 19.1. The summed E-state index contributed by atoms with van der Waals surface area (Å²) in [5, 5.41) is 6.04. The Labute approximate surface area is 159 Å². The Morgan fingerprint density at radius 1 is 1.19 bits per heavy atom. The van der Waals surface area contributed by atoms with Crippen molar-refractivity contribution < 1.29 is 9.53 Å². The molecule has 8 heteroatoms. The Hall–Kier alpha value is -2.71. The standard InChI is InChI=1S/C19H26N6O2/c1-24(2)16-5-3-15(4-6-16)22-19-21-8-7-17(23-19)18(26)20-9-10-25-11-13-27-14-12-25/h3-8H,9-14H2,1-2H3,(H,20,26)(H,21,22,23). The molecule has 3 rings (SSSR count). The first kappa shape index (κ1) is 19.1. The highest BCUT2D eigenvalue weighted by atomic mass is 16.5. The molecule has 1 aromatic heterocycles. The van der Waals surface area contributed by atoms with E-state index in [1.54, 1.807) is 12.3 Å². The number of morpholine rings is 1. The van der Waals surface area contributed by atoms with Gasteiger partial charge in [-0.3, -0.25) is 9.69 Å². The van der Waals surface area contributed by atoms with Crippen LogP contribution < -0.4 is 15.5 Å². The number of rotatable bonds is 7. The van der Waals surface area contributed by atoms with E-state index in [-0.39, 0.29) is 5.91 Å². The van der Waals surface area contributed by atoms with E-state index in [2.05, 4.69) is 25.5 Å². The van der Waals surface area contributed by atoms with Crippen molar-refractivity contribution in [2.24, 2.45) is 0 Å². The molecular weight excluding hydrogens is 344 g/mol. The van der Waals surface area contributed by atoms with Gasteiger partial charge in [0.2, 0.25) is 5.95 Å². The molecule has 1 aliphatic rings. The predicted octanol–water partition coefficient (Wildman–Crippen LogP) is 1.35. The first-order valence-electron chi connectivity index (χ1n) is 9.07. The number of ether oxygens (including phenoxy) is 1. The minimum absolute atomic E-state index is 0.198. The van der Waals surface area contributed by atoms with Gasteiger partial charge in [0.15, 0.2) is 0 Å². The molecule has 0 saturated carbocycles. The molecule has 144 valence electrons. The topological polar surface area (TPSA) is 82.6 Å². The lowest BCUT2D eigenvalue weighted by atomic mass is 10.2. The molecule has 0 aliphatic carbocycles. The fourth-order valence-electron chi connectivity index (χ4n) is 2.76. The first-order chi connectivity index (χ1) is 13.1. The van der Waals surface area contributed by atoms with Crippen LogP contribution in [-0.2, 0) is 4.74 Å². The van der Waals surface area contributed by atoms with Gasteiger partial charge < -0.3 is 20.3 Å². The zero-order valence-corrected chi connectivity index (χ0v) is 15.8. The number of carbonyl (C=O) groups is 1. The second kappa shape index (κ2) is 9.29. The molecule has 1 fully saturated rings. The lowest BCUT2D eigenvalue weighted by molar-refractivity contribution is 0.0383. The minimum atomic E-state index is -0.198. The number of anilines is 3. The van der Waals surface area contributed by atoms with E-state index in [0.717, 1.165) is 44.2 Å². The van der Waals surface area contributed by atoms with Crippen molar-refractivity contribution >= 4 is 23.2 Å². The molecule has 2 aromatic rings. The number of hydrogen-bond donors (Lipinski definition) is 2. The first-order valence-corrected chi connectivity index (χ1v) is 9.07. The molecule has 8 nitrogen and oxygen atoms in total. The molecule has 1 saturated heterocycles. The van der Waals surface area contributed by atoms with Crippen molar-refractivity contribution in [1.82, 2.24) is 20.2 Å². The normalized spacial score (nSPS) is 14.6. The lowest BCUT2D eigenvalue weighted by Crippen LogP contribution is -2.41. The van der Waals surface area contributed by atoms with Crippen molar-refractivity contribution in [1.29, 1.82) is 0 Å². The van der Waals surface area contributed by atoms with E-state index < -0.39 is 0 Å². The number of nitrogens with zero attached hydrogens (tertiary/aromatic N) is 4. The lowest BCUT2D eigenvalue weighted by Gasteiger charge is -2.26. The van der Waals surface area contributed by atoms with E-state index in [9.17, 15) is 4.79 Å². The van der Waals surface area contributed by atoms with Crippen LogP contribution in [0.2, 0.25) is 0 Å². The number of amides is 1. The van der Waals surface area contributed by atoms with Crippen molar-refractivity contribution in [3.63, 3.8) is 0 Å². The third-order valence-electron chi connectivity index (χ3n) is 4.35. The maximum atomic E-state index is 12.3. The van der Waals surface area contributed by atoms with Gasteiger partial charge in [0.25, 0.3) is 5.91 Å². The Bertz CT molecular complexity index is 744. The second-order valence-corrected chi connectivity index (χ2v) is 6.54. The van der Waals surface area contributed by atoms with Crippen LogP contribution in [0.4, 0.5) is 17.3 Å². The minimum Gasteiger partial charge on any atom is -0.379 e. The van der Waals surface area contributed by atoms with Gasteiger partial charge in [0.05, 0.1) is 13.2 Å². The van der Waals surface area contributed by atoms with Crippen molar-refractivity contribution in [3.8, 4) is 0 Å². The van der Waals surface area contributed by atoms with Gasteiger partial charge in [-0.25, -0.2) is 9.97 Å². The van der Waals surface area contributed by atoms with Crippen molar-refractivity contribution in [2.75, 3.05) is 63.7 Å². The molecule has 27 heavy (non-hydrogen) atoms. The second-order valence-electron chi connectivity index (χ2n) is 6.54. The molecular formula is C19H26N6O2. The molecule has 1 aliphatic heterocycles. The molecule has 0 bridgehead atoms. The third-order valence-corrected chi connectivity index (χ3v) is 4.35. The van der Waals surface area contributed by atoms with Gasteiger partial charge in [-0.05, 0) is 30.3 Å². The van der Waals surface area contributed by atoms with Crippen LogP contribution in [0.15, 0.2) is 36.5 Å². The van der Waals surface area contributed by atoms with E-state index in [0.29, 0.717) is 18.2 Å². The summed E-state index contributed by atoms with van der Waals surface area (Å²) in [6, 6.07) is 9.53. The number of nitrogens with one attached hydrogen (secondary N) is 2. The van der Waals surface area contributed by atoms with E-state index in [1.807, 2.05) is 43.3 Å². The van der Waals surface area contributed by atoms with Crippen LogP contribution in [0.5, 0.6) is 0 Å². The molecule has 1 aromatic carbocycles. The maximum Gasteiger partial charge on any atom is 0.270 e. The van der Waals surface area contributed by atoms with Crippen LogP contribution in [0.1, 0.15) is 10.5 Å². The smallest absolute Gasteiger partial charge is 0.270 e. The average molecular weight is 370 g/mol. The SMILES string of the molecule is CN(C)c1ccc(Nc2nccc(C(=O)NCCN3CCOCC3)n2)cc1. The van der Waals surface area contributed by atoms with Crippen LogP contribution >= 0.6 is 0 Å². The number of benzene rings is 1. The summed E-state index contributed by atoms with van der Waals surface area (Å²) in [5.41, 5.74) is 2.32. The Morgan fingerprint density at radius 3 is 2.63 bits per heavy atom. The molecule has 0 atom stereocenters. The molecule has 0 unspecified atom stereocenters. The Balaban J connectivity index is 1.53. The number of aromatic nitrogens is 2. The van der Waals surface area contributed by atoms with Gasteiger partial charge in [0, 0.05) is 57.8 Å². The summed E-state index contributed by atoms with van der Waals surface area (Å²) < 4.78 is 5.32. The molecule has 2 heterocycles. The van der Waals surface area contributed by atoms with E-state index in [4.69, 9.17) is 4.74 Å². The predicted molar refractivity (Wildman–Crippen MR) is 106 cm³/mol. The van der Waals surface area contributed by atoms with E-state index in [1.165, 1.54) is 0 Å². The van der Waals surface area contributed by atoms with Gasteiger partial charge in [-0.2, -0.15) is 0 Å². The largest absolute Gasteiger partial charge is 0.379 e. The van der Waals surface area contributed by atoms with Crippen LogP contribution in [0.3, 0.4) is 0 Å². The highest BCUT2D eigenvalue weighted by Crippen LogP contribution is 2.18. The van der Waals surface area contributed by atoms with Crippen molar-refractivity contribution in [2.45, 2.75) is 0 Å². The molecule has 0 spiro atoms. The van der Waals surface area contributed by atoms with Crippen LogP contribution in [-0.4, -0.2) is 74.3 Å². The third kappa shape index (κ3) is 5.63. The van der Waals surface area contributed by atoms with Crippen LogP contribution in [0.25, 0.3) is 0 Å². The van der Waals surface area contributed by atoms with Gasteiger partial charge in [-0.1, -0.05) is 0 Å². The average Bonchev–Trinajstić information content (AvgIpc) is 2.69. The summed E-state index contributed by atoms with van der Waals surface area (Å²) in [4.78, 5) is 25.1. The number of hydrogen-bond acceptors (Lipinski definition) is 7. The van der Waals surface area contributed by atoms with Crippen molar-refractivity contribution in [3.05, 3.63) is 42.2 Å². The zero-order valence-electron chi connectivity index (χ0n) is 15.8. The molecule has 2 N–H and O–H groups in total.